The molecule has 0 aliphatic carbocycles. The topological polar surface area (TPSA) is 79.7 Å². The molecule has 128 valence electrons. The standard InChI is InChI=1S/C19H17NO4S/c1-19(23,14-6-8-15(24-2)9-7-14)18-20-16(11-25-18)12-4-3-5-13(10-12)17(21)22/h3-11,23H,1-2H3,(H,21,22). The maximum atomic E-state index is 11.1. The Kier molecular flexibility index (Phi) is 4.57. The minimum atomic E-state index is -1.25. The number of thiazole rings is 1. The quantitative estimate of drug-likeness (QED) is 0.728. The number of aliphatic hydroxyl groups is 1. The maximum absolute atomic E-state index is 11.1. The van der Waals surface area contributed by atoms with Crippen LogP contribution in [0, 0.1) is 0 Å². The molecule has 0 amide bonds. The van der Waals surface area contributed by atoms with Gasteiger partial charge >= 0.3 is 5.97 Å². The van der Waals surface area contributed by atoms with E-state index in [9.17, 15) is 9.90 Å². The molecule has 0 saturated carbocycles. The second-order valence-electron chi connectivity index (χ2n) is 5.72. The van der Waals surface area contributed by atoms with Crippen LogP contribution in [0.5, 0.6) is 5.75 Å². The summed E-state index contributed by atoms with van der Waals surface area (Å²) < 4.78 is 5.14. The van der Waals surface area contributed by atoms with Gasteiger partial charge < -0.3 is 14.9 Å². The number of nitrogens with zero attached hydrogens (tertiary/aromatic N) is 1. The first-order chi connectivity index (χ1) is 11.9. The molecule has 0 aliphatic rings. The molecule has 25 heavy (non-hydrogen) atoms. The van der Waals surface area contributed by atoms with Crippen LogP contribution in [0.2, 0.25) is 0 Å². The van der Waals surface area contributed by atoms with E-state index in [2.05, 4.69) is 4.98 Å². The van der Waals surface area contributed by atoms with Crippen molar-refractivity contribution in [2.24, 2.45) is 0 Å². The Labute approximate surface area is 149 Å². The predicted octanol–water partition coefficient (Wildman–Crippen LogP) is 3.77. The molecule has 1 aromatic heterocycles. The van der Waals surface area contributed by atoms with Crippen LogP contribution in [-0.2, 0) is 5.60 Å². The predicted molar refractivity (Wildman–Crippen MR) is 96.2 cm³/mol. The number of hydrogen-bond acceptors (Lipinski definition) is 5. The van der Waals surface area contributed by atoms with E-state index in [0.29, 0.717) is 27.6 Å². The van der Waals surface area contributed by atoms with Gasteiger partial charge in [0.25, 0.3) is 0 Å². The zero-order valence-electron chi connectivity index (χ0n) is 13.8. The zero-order chi connectivity index (χ0) is 18.0. The minimum absolute atomic E-state index is 0.203. The molecular weight excluding hydrogens is 338 g/mol. The highest BCUT2D eigenvalue weighted by molar-refractivity contribution is 7.10. The van der Waals surface area contributed by atoms with Crippen LogP contribution in [0.3, 0.4) is 0 Å². The molecule has 0 radical (unpaired) electrons. The number of rotatable bonds is 5. The summed E-state index contributed by atoms with van der Waals surface area (Å²) in [6.45, 7) is 1.69. The highest BCUT2D eigenvalue weighted by Gasteiger charge is 2.29. The summed E-state index contributed by atoms with van der Waals surface area (Å²) >= 11 is 1.33. The monoisotopic (exact) mass is 355 g/mol. The number of hydrogen-bond donors (Lipinski definition) is 2. The van der Waals surface area contributed by atoms with Crippen LogP contribution in [-0.4, -0.2) is 28.3 Å². The largest absolute Gasteiger partial charge is 0.497 e. The van der Waals surface area contributed by atoms with Gasteiger partial charge in [-0.25, -0.2) is 9.78 Å². The third-order valence-corrected chi connectivity index (χ3v) is 5.03. The average molecular weight is 355 g/mol. The molecule has 0 aliphatic heterocycles. The van der Waals surface area contributed by atoms with Gasteiger partial charge in [-0.2, -0.15) is 0 Å². The van der Waals surface area contributed by atoms with Crippen molar-refractivity contribution in [2.75, 3.05) is 7.11 Å². The van der Waals surface area contributed by atoms with Gasteiger partial charge in [0.15, 0.2) is 0 Å². The lowest BCUT2D eigenvalue weighted by atomic mass is 9.96. The molecule has 0 bridgehead atoms. The number of ether oxygens (including phenoxy) is 1. The zero-order valence-corrected chi connectivity index (χ0v) is 14.6. The second kappa shape index (κ2) is 6.66. The molecule has 2 aromatic carbocycles. The van der Waals surface area contributed by atoms with Crippen molar-refractivity contribution in [1.29, 1.82) is 0 Å². The summed E-state index contributed by atoms with van der Waals surface area (Å²) in [7, 11) is 1.59. The molecule has 5 nitrogen and oxygen atoms in total. The Morgan fingerprint density at radius 3 is 2.56 bits per heavy atom. The molecule has 0 fully saturated rings. The summed E-state index contributed by atoms with van der Waals surface area (Å²) in [5, 5.41) is 22.4. The number of methoxy groups -OCH3 is 1. The van der Waals surface area contributed by atoms with E-state index in [1.165, 1.54) is 17.4 Å². The van der Waals surface area contributed by atoms with Gasteiger partial charge in [0, 0.05) is 10.9 Å². The van der Waals surface area contributed by atoms with Gasteiger partial charge in [-0.3, -0.25) is 0 Å². The van der Waals surface area contributed by atoms with E-state index >= 15 is 0 Å². The number of carboxylic acids is 1. The molecular formula is C19H17NO4S. The van der Waals surface area contributed by atoms with Crippen LogP contribution < -0.4 is 4.74 Å². The van der Waals surface area contributed by atoms with Gasteiger partial charge in [-0.05, 0) is 36.8 Å². The van der Waals surface area contributed by atoms with Crippen molar-refractivity contribution in [1.82, 2.24) is 4.98 Å². The van der Waals surface area contributed by atoms with Crippen molar-refractivity contribution in [3.8, 4) is 17.0 Å². The van der Waals surface area contributed by atoms with E-state index in [-0.39, 0.29) is 5.56 Å². The highest BCUT2D eigenvalue weighted by Crippen LogP contribution is 2.34. The number of carboxylic acid groups (broad SMARTS) is 1. The third-order valence-electron chi connectivity index (χ3n) is 3.98. The Hall–Kier alpha value is -2.70. The minimum Gasteiger partial charge on any atom is -0.497 e. The van der Waals surface area contributed by atoms with Crippen molar-refractivity contribution in [3.63, 3.8) is 0 Å². The van der Waals surface area contributed by atoms with Crippen LogP contribution in [0.25, 0.3) is 11.3 Å². The molecule has 1 atom stereocenters. The van der Waals surface area contributed by atoms with Crippen LogP contribution >= 0.6 is 11.3 Å². The molecule has 3 aromatic rings. The van der Waals surface area contributed by atoms with Gasteiger partial charge in [0.2, 0.25) is 0 Å². The SMILES string of the molecule is COc1ccc(C(C)(O)c2nc(-c3cccc(C(=O)O)c3)cs2)cc1. The van der Waals surface area contributed by atoms with E-state index < -0.39 is 11.6 Å². The Morgan fingerprint density at radius 2 is 1.92 bits per heavy atom. The molecule has 2 N–H and O–H groups in total. The third kappa shape index (κ3) is 3.40. The van der Waals surface area contributed by atoms with Crippen molar-refractivity contribution in [2.45, 2.75) is 12.5 Å². The number of benzene rings is 2. The van der Waals surface area contributed by atoms with Crippen molar-refractivity contribution < 1.29 is 19.7 Å². The highest BCUT2D eigenvalue weighted by atomic mass is 32.1. The lowest BCUT2D eigenvalue weighted by Gasteiger charge is -2.21. The first-order valence-corrected chi connectivity index (χ1v) is 8.46. The van der Waals surface area contributed by atoms with Crippen molar-refractivity contribution in [3.05, 3.63) is 70.0 Å². The molecule has 3 rings (SSSR count). The molecule has 1 unspecified atom stereocenters. The summed E-state index contributed by atoms with van der Waals surface area (Å²) in [5.74, 6) is -0.271. The van der Waals surface area contributed by atoms with E-state index in [4.69, 9.17) is 9.84 Å². The Bertz CT molecular complexity index is 900. The molecule has 0 saturated heterocycles. The first-order valence-electron chi connectivity index (χ1n) is 7.58. The lowest BCUT2D eigenvalue weighted by molar-refractivity contribution is 0.0696. The smallest absolute Gasteiger partial charge is 0.335 e. The van der Waals surface area contributed by atoms with Gasteiger partial charge in [0.1, 0.15) is 16.4 Å². The lowest BCUT2D eigenvalue weighted by Crippen LogP contribution is -2.22. The molecule has 6 heteroatoms. The number of aromatic nitrogens is 1. The van der Waals surface area contributed by atoms with Crippen LogP contribution in [0.15, 0.2) is 53.9 Å². The summed E-state index contributed by atoms with van der Waals surface area (Å²) in [5.41, 5.74) is 0.992. The second-order valence-corrected chi connectivity index (χ2v) is 6.58. The fourth-order valence-corrected chi connectivity index (χ4v) is 3.39. The van der Waals surface area contributed by atoms with Gasteiger partial charge in [-0.1, -0.05) is 24.3 Å². The van der Waals surface area contributed by atoms with Gasteiger partial charge in [0.05, 0.1) is 18.4 Å². The number of aromatic carboxylic acids is 1. The van der Waals surface area contributed by atoms with Gasteiger partial charge in [-0.15, -0.1) is 11.3 Å². The van der Waals surface area contributed by atoms with Crippen LogP contribution in [0.1, 0.15) is 27.9 Å². The Morgan fingerprint density at radius 1 is 1.20 bits per heavy atom. The van der Waals surface area contributed by atoms with Crippen LogP contribution in [0.4, 0.5) is 0 Å². The number of carbonyl (C=O) groups is 1. The average Bonchev–Trinajstić information content (AvgIpc) is 3.13. The van der Waals surface area contributed by atoms with E-state index in [1.54, 1.807) is 56.5 Å². The molecule has 0 spiro atoms. The summed E-state index contributed by atoms with van der Waals surface area (Å²) in [6.07, 6.45) is 0. The fourth-order valence-electron chi connectivity index (χ4n) is 2.48. The fraction of sp³-hybridized carbons (Fsp3) is 0.158. The van der Waals surface area contributed by atoms with E-state index in [0.717, 1.165) is 0 Å². The Balaban J connectivity index is 1.94. The molecule has 1 heterocycles. The normalized spacial score (nSPS) is 13.2. The summed E-state index contributed by atoms with van der Waals surface area (Å²) in [6, 6.07) is 13.8. The maximum Gasteiger partial charge on any atom is 0.335 e. The van der Waals surface area contributed by atoms with E-state index in [1.807, 2.05) is 5.38 Å². The van der Waals surface area contributed by atoms with Crippen molar-refractivity contribution >= 4 is 17.3 Å². The first kappa shape index (κ1) is 17.1. The summed E-state index contributed by atoms with van der Waals surface area (Å²) in [4.78, 5) is 15.6.